The van der Waals surface area contributed by atoms with Crippen molar-refractivity contribution in [1.82, 2.24) is 23.6 Å². The van der Waals surface area contributed by atoms with E-state index >= 15 is 0 Å². The van der Waals surface area contributed by atoms with Crippen LogP contribution in [-0.4, -0.2) is 65.2 Å². The van der Waals surface area contributed by atoms with Crippen molar-refractivity contribution in [3.8, 4) is 0 Å². The van der Waals surface area contributed by atoms with Crippen LogP contribution in [0.2, 0.25) is 0 Å². The predicted molar refractivity (Wildman–Crippen MR) is 92.8 cm³/mol. The number of pyridine rings is 1. The van der Waals surface area contributed by atoms with Gasteiger partial charge in [0.15, 0.2) is 0 Å². The van der Waals surface area contributed by atoms with Gasteiger partial charge >= 0.3 is 0 Å². The summed E-state index contributed by atoms with van der Waals surface area (Å²) in [5.74, 6) is 0.681. The zero-order valence-electron chi connectivity index (χ0n) is 13.9. The molecule has 0 radical (unpaired) electrons. The van der Waals surface area contributed by atoms with Gasteiger partial charge in [-0.1, -0.05) is 6.42 Å². The van der Waals surface area contributed by atoms with Gasteiger partial charge in [-0.2, -0.15) is 17.0 Å². The molecule has 1 N–H and O–H groups in total. The van der Waals surface area contributed by atoms with Gasteiger partial charge in [-0.05, 0) is 18.9 Å². The topological polar surface area (TPSA) is 91.3 Å². The minimum atomic E-state index is -3.41. The molecule has 3 rings (SSSR count). The fourth-order valence-corrected chi connectivity index (χ4v) is 4.28. The van der Waals surface area contributed by atoms with Gasteiger partial charge in [0.05, 0.1) is 10.9 Å². The van der Waals surface area contributed by atoms with Crippen LogP contribution in [-0.2, 0) is 10.2 Å². The normalized spacial score (nSPS) is 19.7. The van der Waals surface area contributed by atoms with Crippen molar-refractivity contribution in [3.05, 3.63) is 24.8 Å². The fraction of sp³-hybridized carbons (Fsp3) is 0.533. The van der Waals surface area contributed by atoms with E-state index in [0.29, 0.717) is 18.9 Å². The first kappa shape index (κ1) is 17.0. The lowest BCUT2D eigenvalue weighted by Crippen LogP contribution is -2.51. The van der Waals surface area contributed by atoms with Gasteiger partial charge in [0.2, 0.25) is 0 Å². The third kappa shape index (κ3) is 3.33. The molecule has 2 aromatic heterocycles. The van der Waals surface area contributed by atoms with E-state index in [1.165, 1.54) is 10.6 Å². The second kappa shape index (κ2) is 6.96. The van der Waals surface area contributed by atoms with E-state index in [1.54, 1.807) is 30.8 Å². The quantitative estimate of drug-likeness (QED) is 0.868. The zero-order chi connectivity index (χ0) is 17.2. The molecule has 1 atom stereocenters. The van der Waals surface area contributed by atoms with Crippen LogP contribution in [0.4, 0.5) is 5.82 Å². The molecule has 24 heavy (non-hydrogen) atoms. The summed E-state index contributed by atoms with van der Waals surface area (Å²) in [6.45, 7) is 1.06. The molecule has 1 fully saturated rings. The van der Waals surface area contributed by atoms with E-state index < -0.39 is 10.2 Å². The third-order valence-electron chi connectivity index (χ3n) is 4.27. The van der Waals surface area contributed by atoms with E-state index in [1.807, 2.05) is 6.07 Å². The van der Waals surface area contributed by atoms with Gasteiger partial charge < -0.3 is 5.32 Å². The Morgan fingerprint density at radius 3 is 2.96 bits per heavy atom. The van der Waals surface area contributed by atoms with E-state index in [2.05, 4.69) is 20.3 Å². The number of piperidine rings is 1. The Labute approximate surface area is 142 Å². The average Bonchev–Trinajstić information content (AvgIpc) is 2.60. The molecule has 1 saturated heterocycles. The van der Waals surface area contributed by atoms with Gasteiger partial charge in [0, 0.05) is 45.6 Å². The van der Waals surface area contributed by atoms with Gasteiger partial charge in [0.25, 0.3) is 10.2 Å². The predicted octanol–water partition coefficient (Wildman–Crippen LogP) is 1.10. The summed E-state index contributed by atoms with van der Waals surface area (Å²) < 4.78 is 27.9. The number of anilines is 1. The van der Waals surface area contributed by atoms with Crippen LogP contribution in [0.15, 0.2) is 24.8 Å². The summed E-state index contributed by atoms with van der Waals surface area (Å²) in [5, 5.41) is 4.11. The Kier molecular flexibility index (Phi) is 4.93. The number of aromatic nitrogens is 3. The lowest BCUT2D eigenvalue weighted by atomic mass is 10.1. The molecule has 2 aromatic rings. The summed E-state index contributed by atoms with van der Waals surface area (Å²) in [7, 11) is -0.279. The molecule has 1 aliphatic heterocycles. The molecule has 0 bridgehead atoms. The number of nitrogens with one attached hydrogen (secondary N) is 1. The van der Waals surface area contributed by atoms with Crippen LogP contribution < -0.4 is 5.32 Å². The van der Waals surface area contributed by atoms with E-state index in [-0.39, 0.29) is 6.04 Å². The highest BCUT2D eigenvalue weighted by Gasteiger charge is 2.33. The first-order valence-corrected chi connectivity index (χ1v) is 9.38. The Balaban J connectivity index is 1.79. The van der Waals surface area contributed by atoms with Crippen LogP contribution >= 0.6 is 0 Å². The molecule has 0 amide bonds. The van der Waals surface area contributed by atoms with Crippen LogP contribution in [0, 0.1) is 0 Å². The van der Waals surface area contributed by atoms with Crippen LogP contribution in [0.25, 0.3) is 10.9 Å². The Bertz CT molecular complexity index is 805. The first-order chi connectivity index (χ1) is 11.5. The van der Waals surface area contributed by atoms with Crippen molar-refractivity contribution in [3.63, 3.8) is 0 Å². The number of hydrogen-bond donors (Lipinski definition) is 1. The van der Waals surface area contributed by atoms with E-state index in [9.17, 15) is 8.42 Å². The maximum atomic E-state index is 12.5. The highest BCUT2D eigenvalue weighted by molar-refractivity contribution is 7.86. The third-order valence-corrected chi connectivity index (χ3v) is 6.27. The summed E-state index contributed by atoms with van der Waals surface area (Å²) in [4.78, 5) is 12.6. The van der Waals surface area contributed by atoms with E-state index in [4.69, 9.17) is 0 Å². The number of hydrogen-bond acceptors (Lipinski definition) is 6. The SMILES string of the molecule is CN(C)S(=O)(=O)N1CCCCC1CNc1ncnc2ccncc12. The standard InChI is InChI=1S/C15H22N6O2S/c1-20(2)24(22,23)21-8-4-3-5-12(21)9-17-15-13-10-16-7-6-14(13)18-11-19-15/h6-7,10-12H,3-5,8-9H2,1-2H3,(H,17,18,19). The molecule has 3 heterocycles. The molecular formula is C15H22N6O2S. The summed E-state index contributed by atoms with van der Waals surface area (Å²) in [6.07, 6.45) is 7.65. The van der Waals surface area contributed by atoms with E-state index in [0.717, 1.165) is 30.2 Å². The maximum Gasteiger partial charge on any atom is 0.281 e. The molecule has 0 aromatic carbocycles. The number of fused-ring (bicyclic) bond motifs is 1. The van der Waals surface area contributed by atoms with Crippen molar-refractivity contribution < 1.29 is 8.42 Å². The van der Waals surface area contributed by atoms with Crippen molar-refractivity contribution in [1.29, 1.82) is 0 Å². The zero-order valence-corrected chi connectivity index (χ0v) is 14.7. The Morgan fingerprint density at radius 1 is 1.33 bits per heavy atom. The summed E-state index contributed by atoms with van der Waals surface area (Å²) in [5.41, 5.74) is 0.809. The first-order valence-electron chi connectivity index (χ1n) is 7.98. The second-order valence-electron chi connectivity index (χ2n) is 6.05. The molecule has 9 heteroatoms. The molecular weight excluding hydrogens is 328 g/mol. The highest BCUT2D eigenvalue weighted by Crippen LogP contribution is 2.23. The number of nitrogens with zero attached hydrogens (tertiary/aromatic N) is 5. The molecule has 0 spiro atoms. The van der Waals surface area contributed by atoms with Crippen LogP contribution in [0.1, 0.15) is 19.3 Å². The molecule has 0 saturated carbocycles. The largest absolute Gasteiger partial charge is 0.368 e. The molecule has 8 nitrogen and oxygen atoms in total. The minimum Gasteiger partial charge on any atom is -0.368 e. The smallest absolute Gasteiger partial charge is 0.281 e. The second-order valence-corrected chi connectivity index (χ2v) is 8.14. The van der Waals surface area contributed by atoms with Gasteiger partial charge in [0.1, 0.15) is 12.1 Å². The monoisotopic (exact) mass is 350 g/mol. The van der Waals surface area contributed by atoms with Gasteiger partial charge in [-0.3, -0.25) is 4.98 Å². The van der Waals surface area contributed by atoms with Crippen LogP contribution in [0.3, 0.4) is 0 Å². The van der Waals surface area contributed by atoms with Gasteiger partial charge in [-0.25, -0.2) is 9.97 Å². The minimum absolute atomic E-state index is 0.0900. The molecule has 1 unspecified atom stereocenters. The molecule has 130 valence electrons. The van der Waals surface area contributed by atoms with Crippen molar-refractivity contribution in [2.75, 3.05) is 32.5 Å². The van der Waals surface area contributed by atoms with Crippen LogP contribution in [0.5, 0.6) is 0 Å². The Hall–Kier alpha value is -1.84. The lowest BCUT2D eigenvalue weighted by Gasteiger charge is -2.36. The molecule has 1 aliphatic rings. The summed E-state index contributed by atoms with van der Waals surface area (Å²) >= 11 is 0. The average molecular weight is 350 g/mol. The fourth-order valence-electron chi connectivity index (χ4n) is 2.95. The van der Waals surface area contributed by atoms with Crippen molar-refractivity contribution in [2.24, 2.45) is 0 Å². The van der Waals surface area contributed by atoms with Crippen molar-refractivity contribution in [2.45, 2.75) is 25.3 Å². The Morgan fingerprint density at radius 2 is 2.17 bits per heavy atom. The van der Waals surface area contributed by atoms with Crippen molar-refractivity contribution >= 4 is 26.9 Å². The van der Waals surface area contributed by atoms with Gasteiger partial charge in [-0.15, -0.1) is 0 Å². The number of rotatable bonds is 5. The maximum absolute atomic E-state index is 12.5. The lowest BCUT2D eigenvalue weighted by molar-refractivity contribution is 0.248. The highest BCUT2D eigenvalue weighted by atomic mass is 32.2. The summed E-state index contributed by atoms with van der Waals surface area (Å²) in [6, 6.07) is 1.74. The molecule has 0 aliphatic carbocycles.